The first-order valence-corrected chi connectivity index (χ1v) is 9.53. The summed E-state index contributed by atoms with van der Waals surface area (Å²) in [6.07, 6.45) is 1.97. The first kappa shape index (κ1) is 21.7. The zero-order valence-corrected chi connectivity index (χ0v) is 16.2. The molecule has 1 fully saturated rings. The Morgan fingerprint density at radius 2 is 2.16 bits per heavy atom. The highest BCUT2D eigenvalue weighted by Crippen LogP contribution is 2.28. The number of benzene rings is 1. The van der Waals surface area contributed by atoms with Gasteiger partial charge in [0.05, 0.1) is 12.0 Å². The van der Waals surface area contributed by atoms with Crippen molar-refractivity contribution in [3.63, 3.8) is 0 Å². The van der Waals surface area contributed by atoms with Gasteiger partial charge in [0.2, 0.25) is 15.9 Å². The molecule has 3 N–H and O–H groups in total. The van der Waals surface area contributed by atoms with E-state index in [0.717, 1.165) is 12.8 Å². The van der Waals surface area contributed by atoms with Crippen molar-refractivity contribution >= 4 is 28.3 Å². The molecule has 1 aromatic carbocycles. The minimum atomic E-state index is -3.61. The van der Waals surface area contributed by atoms with Gasteiger partial charge in [-0.3, -0.25) is 4.79 Å². The van der Waals surface area contributed by atoms with Crippen LogP contribution in [0, 0.1) is 0 Å². The second-order valence-electron chi connectivity index (χ2n) is 5.75. The van der Waals surface area contributed by atoms with Crippen molar-refractivity contribution in [3.8, 4) is 5.75 Å². The lowest BCUT2D eigenvalue weighted by Gasteiger charge is -2.23. The number of carbonyl (C=O) groups is 1. The fraction of sp³-hybridized carbons (Fsp3) is 0.562. The highest BCUT2D eigenvalue weighted by Gasteiger charge is 2.34. The molecule has 1 aliphatic heterocycles. The van der Waals surface area contributed by atoms with Gasteiger partial charge in [0.1, 0.15) is 5.75 Å². The molecule has 1 atom stereocenters. The third kappa shape index (κ3) is 4.84. The first-order chi connectivity index (χ1) is 11.4. The number of amides is 1. The molecule has 1 amide bonds. The SMILES string of the molecule is CCC(=O)NCc1cc(S(=O)(=O)N2CCCC2CN)ccc1OC.Cl. The number of nitrogens with zero attached hydrogens (tertiary/aromatic N) is 1. The number of nitrogens with one attached hydrogen (secondary N) is 1. The van der Waals surface area contributed by atoms with Gasteiger partial charge in [-0.2, -0.15) is 4.31 Å². The summed E-state index contributed by atoms with van der Waals surface area (Å²) in [5.41, 5.74) is 6.33. The number of hydrogen-bond acceptors (Lipinski definition) is 5. The number of nitrogens with two attached hydrogens (primary N) is 1. The van der Waals surface area contributed by atoms with Gasteiger partial charge in [-0.25, -0.2) is 8.42 Å². The predicted molar refractivity (Wildman–Crippen MR) is 98.3 cm³/mol. The van der Waals surface area contributed by atoms with Crippen LogP contribution < -0.4 is 15.8 Å². The van der Waals surface area contributed by atoms with Crippen LogP contribution >= 0.6 is 12.4 Å². The van der Waals surface area contributed by atoms with E-state index in [-0.39, 0.29) is 35.8 Å². The Hall–Kier alpha value is -1.35. The van der Waals surface area contributed by atoms with Gasteiger partial charge in [0, 0.05) is 37.7 Å². The Morgan fingerprint density at radius 1 is 1.44 bits per heavy atom. The average Bonchev–Trinajstić information content (AvgIpc) is 3.08. The molecule has 1 unspecified atom stereocenters. The maximum absolute atomic E-state index is 12.9. The van der Waals surface area contributed by atoms with Crippen LogP contribution in [0.2, 0.25) is 0 Å². The zero-order chi connectivity index (χ0) is 17.7. The third-order valence-electron chi connectivity index (χ3n) is 4.25. The molecule has 0 saturated carbocycles. The van der Waals surface area contributed by atoms with Crippen molar-refractivity contribution in [2.24, 2.45) is 5.73 Å². The lowest BCUT2D eigenvalue weighted by Crippen LogP contribution is -2.39. The predicted octanol–water partition coefficient (Wildman–Crippen LogP) is 1.26. The normalized spacial score (nSPS) is 17.8. The van der Waals surface area contributed by atoms with Gasteiger partial charge in [0.25, 0.3) is 0 Å². The van der Waals surface area contributed by atoms with Crippen LogP contribution in [0.1, 0.15) is 31.7 Å². The van der Waals surface area contributed by atoms with Gasteiger partial charge >= 0.3 is 0 Å². The molecule has 0 aromatic heterocycles. The highest BCUT2D eigenvalue weighted by atomic mass is 35.5. The smallest absolute Gasteiger partial charge is 0.243 e. The Morgan fingerprint density at radius 3 is 2.76 bits per heavy atom. The van der Waals surface area contributed by atoms with E-state index < -0.39 is 10.0 Å². The van der Waals surface area contributed by atoms with Crippen LogP contribution in [-0.4, -0.2) is 44.9 Å². The average molecular weight is 392 g/mol. The number of carbonyl (C=O) groups excluding carboxylic acids is 1. The molecule has 0 radical (unpaired) electrons. The molecule has 142 valence electrons. The molecule has 1 aromatic rings. The topological polar surface area (TPSA) is 102 Å². The molecule has 2 rings (SSSR count). The van der Waals surface area contributed by atoms with Gasteiger partial charge in [0.15, 0.2) is 0 Å². The fourth-order valence-corrected chi connectivity index (χ4v) is 4.62. The van der Waals surface area contributed by atoms with E-state index >= 15 is 0 Å². The minimum Gasteiger partial charge on any atom is -0.496 e. The number of hydrogen-bond donors (Lipinski definition) is 2. The summed E-state index contributed by atoms with van der Waals surface area (Å²) in [6, 6.07) is 4.56. The fourth-order valence-electron chi connectivity index (χ4n) is 2.87. The van der Waals surface area contributed by atoms with Crippen molar-refractivity contribution in [3.05, 3.63) is 23.8 Å². The van der Waals surface area contributed by atoms with Crippen LogP contribution in [0.4, 0.5) is 0 Å². The third-order valence-corrected chi connectivity index (χ3v) is 6.20. The number of methoxy groups -OCH3 is 1. The van der Waals surface area contributed by atoms with Crippen molar-refractivity contribution < 1.29 is 17.9 Å². The summed E-state index contributed by atoms with van der Waals surface area (Å²) in [5.74, 6) is 0.440. The van der Waals surface area contributed by atoms with E-state index in [9.17, 15) is 13.2 Å². The number of sulfonamides is 1. The molecule has 1 aliphatic rings. The van der Waals surface area contributed by atoms with Gasteiger partial charge < -0.3 is 15.8 Å². The van der Waals surface area contributed by atoms with Crippen molar-refractivity contribution in [1.82, 2.24) is 9.62 Å². The number of halogens is 1. The summed E-state index contributed by atoms with van der Waals surface area (Å²) in [6.45, 7) is 2.78. The van der Waals surface area contributed by atoms with Gasteiger partial charge in [-0.1, -0.05) is 6.92 Å². The standard InChI is InChI=1S/C16H25N3O4S.ClH/c1-3-16(20)18-11-12-9-14(6-7-15(12)23-2)24(21,22)19-8-4-5-13(19)10-17;/h6-7,9,13H,3-5,8,10-11,17H2,1-2H3,(H,18,20);1H. The van der Waals surface area contributed by atoms with Gasteiger partial charge in [-0.05, 0) is 31.0 Å². The largest absolute Gasteiger partial charge is 0.496 e. The maximum Gasteiger partial charge on any atom is 0.243 e. The van der Waals surface area contributed by atoms with Crippen LogP contribution in [0.3, 0.4) is 0 Å². The van der Waals surface area contributed by atoms with Crippen LogP contribution in [0.5, 0.6) is 5.75 Å². The zero-order valence-electron chi connectivity index (χ0n) is 14.5. The lowest BCUT2D eigenvalue weighted by atomic mass is 10.2. The van der Waals surface area contributed by atoms with E-state index in [4.69, 9.17) is 10.5 Å². The Kier molecular flexibility index (Phi) is 8.14. The molecule has 25 heavy (non-hydrogen) atoms. The van der Waals surface area contributed by atoms with Crippen LogP contribution in [0.25, 0.3) is 0 Å². The Balaban J connectivity index is 0.00000312. The monoisotopic (exact) mass is 391 g/mol. The number of rotatable bonds is 7. The van der Waals surface area contributed by atoms with E-state index in [1.807, 2.05) is 0 Å². The summed E-state index contributed by atoms with van der Waals surface area (Å²) >= 11 is 0. The van der Waals surface area contributed by atoms with Crippen molar-refractivity contribution in [2.45, 2.75) is 43.7 Å². The molecule has 0 aliphatic carbocycles. The Labute approximate surface area is 155 Å². The molecule has 0 bridgehead atoms. The summed E-state index contributed by atoms with van der Waals surface area (Å²) in [4.78, 5) is 11.7. The lowest BCUT2D eigenvalue weighted by molar-refractivity contribution is -0.120. The Bertz CT molecular complexity index is 697. The molecular formula is C16H26ClN3O4S. The molecule has 9 heteroatoms. The quantitative estimate of drug-likeness (QED) is 0.728. The van der Waals surface area contributed by atoms with E-state index in [1.165, 1.54) is 17.5 Å². The molecule has 0 spiro atoms. The van der Waals surface area contributed by atoms with Crippen LogP contribution in [0.15, 0.2) is 23.1 Å². The summed E-state index contributed by atoms with van der Waals surface area (Å²) < 4.78 is 32.5. The highest BCUT2D eigenvalue weighted by molar-refractivity contribution is 7.89. The van der Waals surface area contributed by atoms with E-state index in [1.54, 1.807) is 19.1 Å². The van der Waals surface area contributed by atoms with E-state index in [0.29, 0.717) is 30.8 Å². The summed E-state index contributed by atoms with van der Waals surface area (Å²) in [5, 5.41) is 2.74. The van der Waals surface area contributed by atoms with Crippen molar-refractivity contribution in [2.75, 3.05) is 20.2 Å². The molecule has 7 nitrogen and oxygen atoms in total. The second-order valence-corrected chi connectivity index (χ2v) is 7.64. The maximum atomic E-state index is 12.9. The minimum absolute atomic E-state index is 0. The van der Waals surface area contributed by atoms with E-state index in [2.05, 4.69) is 5.32 Å². The number of ether oxygens (including phenoxy) is 1. The molecule has 1 heterocycles. The first-order valence-electron chi connectivity index (χ1n) is 8.09. The van der Waals surface area contributed by atoms with Crippen molar-refractivity contribution in [1.29, 1.82) is 0 Å². The molecule has 1 saturated heterocycles. The molecular weight excluding hydrogens is 366 g/mol. The van der Waals surface area contributed by atoms with Gasteiger partial charge in [-0.15, -0.1) is 12.4 Å². The summed E-state index contributed by atoms with van der Waals surface area (Å²) in [7, 11) is -2.09. The second kappa shape index (κ2) is 9.38. The van der Waals surface area contributed by atoms with Crippen LogP contribution in [-0.2, 0) is 21.4 Å².